The van der Waals surface area contributed by atoms with Gasteiger partial charge in [0.05, 0.1) is 5.69 Å². The van der Waals surface area contributed by atoms with E-state index in [4.69, 9.17) is 9.47 Å². The summed E-state index contributed by atoms with van der Waals surface area (Å²) in [6, 6.07) is 13.3. The highest BCUT2D eigenvalue weighted by Crippen LogP contribution is 2.36. The van der Waals surface area contributed by atoms with E-state index in [-0.39, 0.29) is 12.7 Å². The lowest BCUT2D eigenvalue weighted by molar-refractivity contribution is 0.0761. The number of H-pyrrole nitrogens is 1. The molecule has 4 heterocycles. The first kappa shape index (κ1) is 17.5. The summed E-state index contributed by atoms with van der Waals surface area (Å²) >= 11 is 0. The van der Waals surface area contributed by atoms with Gasteiger partial charge in [-0.1, -0.05) is 6.07 Å². The van der Waals surface area contributed by atoms with Gasteiger partial charge in [-0.2, -0.15) is 5.10 Å². The van der Waals surface area contributed by atoms with Crippen molar-refractivity contribution in [1.29, 1.82) is 0 Å². The fourth-order valence-electron chi connectivity index (χ4n) is 3.69. The summed E-state index contributed by atoms with van der Waals surface area (Å²) in [5, 5.41) is 7.60. The molecule has 0 saturated carbocycles. The topological polar surface area (TPSA) is 83.6 Å². The van der Waals surface area contributed by atoms with Gasteiger partial charge in [-0.3, -0.25) is 14.9 Å². The normalized spacial score (nSPS) is 16.0. The summed E-state index contributed by atoms with van der Waals surface area (Å²) in [6.07, 6.45) is 2.53. The Balaban J connectivity index is 1.28. The van der Waals surface area contributed by atoms with Gasteiger partial charge in [0.15, 0.2) is 17.3 Å². The molecule has 0 aliphatic carbocycles. The first-order chi connectivity index (χ1) is 14.3. The maximum absolute atomic E-state index is 12.7. The van der Waals surface area contributed by atoms with E-state index in [1.807, 2.05) is 41.3 Å². The lowest BCUT2D eigenvalue weighted by Gasteiger charge is -2.21. The molecule has 8 nitrogen and oxygen atoms in total. The number of benzene rings is 1. The molecular formula is C21H21N5O3. The molecule has 29 heavy (non-hydrogen) atoms. The molecule has 148 valence electrons. The highest BCUT2D eigenvalue weighted by molar-refractivity contribution is 5.92. The van der Waals surface area contributed by atoms with E-state index in [2.05, 4.69) is 20.1 Å². The molecule has 3 aromatic rings. The summed E-state index contributed by atoms with van der Waals surface area (Å²) in [7, 11) is 0. The number of ether oxygens (including phenoxy) is 2. The number of carbonyl (C=O) groups is 1. The highest BCUT2D eigenvalue weighted by Gasteiger charge is 2.22. The van der Waals surface area contributed by atoms with Gasteiger partial charge < -0.3 is 19.3 Å². The van der Waals surface area contributed by atoms with Crippen LogP contribution in [0.3, 0.4) is 0 Å². The summed E-state index contributed by atoms with van der Waals surface area (Å²) in [5.41, 5.74) is 2.41. The summed E-state index contributed by atoms with van der Waals surface area (Å²) in [5.74, 6) is 2.37. The van der Waals surface area contributed by atoms with Crippen molar-refractivity contribution in [3.8, 4) is 22.8 Å². The molecule has 0 bridgehead atoms. The maximum Gasteiger partial charge on any atom is 0.272 e. The number of anilines is 1. The molecule has 2 aliphatic heterocycles. The van der Waals surface area contributed by atoms with Gasteiger partial charge in [0.25, 0.3) is 5.91 Å². The molecule has 1 fully saturated rings. The molecule has 0 atom stereocenters. The lowest BCUT2D eigenvalue weighted by atomic mass is 10.1. The summed E-state index contributed by atoms with van der Waals surface area (Å²) < 4.78 is 10.8. The first-order valence-electron chi connectivity index (χ1n) is 9.68. The number of pyridine rings is 1. The molecule has 0 spiro atoms. The zero-order chi connectivity index (χ0) is 19.6. The zero-order valence-corrected chi connectivity index (χ0v) is 15.9. The van der Waals surface area contributed by atoms with Gasteiger partial charge in [0.2, 0.25) is 6.79 Å². The Hall–Kier alpha value is -3.55. The van der Waals surface area contributed by atoms with E-state index in [1.165, 1.54) is 0 Å². The van der Waals surface area contributed by atoms with Crippen LogP contribution in [-0.4, -0.2) is 59.0 Å². The Bertz CT molecular complexity index is 1020. The number of nitrogens with zero attached hydrogens (tertiary/aromatic N) is 4. The molecule has 1 saturated heterocycles. The standard InChI is InChI=1S/C21H21N5O3/c27-21(16-4-1-2-7-22-16)26-9-3-8-25(10-11-26)20-13-17(23-24-20)15-5-6-18-19(12-15)29-14-28-18/h1-2,4-7,12-13H,3,8-11,14H2,(H,23,24). The second-order valence-corrected chi connectivity index (χ2v) is 7.06. The van der Waals surface area contributed by atoms with Crippen molar-refractivity contribution in [2.45, 2.75) is 6.42 Å². The van der Waals surface area contributed by atoms with Crippen LogP contribution in [-0.2, 0) is 0 Å². The Morgan fingerprint density at radius 1 is 1.00 bits per heavy atom. The summed E-state index contributed by atoms with van der Waals surface area (Å²) in [6.45, 7) is 3.18. The van der Waals surface area contributed by atoms with Crippen LogP contribution in [0.4, 0.5) is 5.82 Å². The number of aromatic nitrogens is 3. The van der Waals surface area contributed by atoms with E-state index in [0.29, 0.717) is 18.8 Å². The van der Waals surface area contributed by atoms with E-state index in [0.717, 1.165) is 48.1 Å². The van der Waals surface area contributed by atoms with Crippen LogP contribution in [0, 0.1) is 0 Å². The fourth-order valence-corrected chi connectivity index (χ4v) is 3.69. The van der Waals surface area contributed by atoms with Gasteiger partial charge in [0, 0.05) is 44.0 Å². The molecule has 1 aromatic carbocycles. The third kappa shape index (κ3) is 3.49. The zero-order valence-electron chi connectivity index (χ0n) is 15.9. The second-order valence-electron chi connectivity index (χ2n) is 7.06. The predicted octanol–water partition coefficient (Wildman–Crippen LogP) is 2.55. The van der Waals surface area contributed by atoms with Crippen molar-refractivity contribution in [3.05, 3.63) is 54.4 Å². The number of carbonyl (C=O) groups excluding carboxylic acids is 1. The van der Waals surface area contributed by atoms with E-state index >= 15 is 0 Å². The lowest BCUT2D eigenvalue weighted by Crippen LogP contribution is -2.35. The largest absolute Gasteiger partial charge is 0.454 e. The Morgan fingerprint density at radius 2 is 1.93 bits per heavy atom. The van der Waals surface area contributed by atoms with Crippen molar-refractivity contribution >= 4 is 11.7 Å². The molecule has 5 rings (SSSR count). The van der Waals surface area contributed by atoms with Crippen LogP contribution in [0.1, 0.15) is 16.9 Å². The fraction of sp³-hybridized carbons (Fsp3) is 0.286. The van der Waals surface area contributed by atoms with Crippen LogP contribution >= 0.6 is 0 Å². The van der Waals surface area contributed by atoms with Crippen LogP contribution < -0.4 is 14.4 Å². The molecule has 8 heteroatoms. The van der Waals surface area contributed by atoms with E-state index in [1.54, 1.807) is 12.3 Å². The van der Waals surface area contributed by atoms with Crippen LogP contribution in [0.2, 0.25) is 0 Å². The highest BCUT2D eigenvalue weighted by atomic mass is 16.7. The molecule has 1 amide bonds. The molecule has 2 aromatic heterocycles. The Kier molecular flexibility index (Phi) is 4.51. The molecule has 2 aliphatic rings. The molecule has 1 N–H and O–H groups in total. The second kappa shape index (κ2) is 7.46. The minimum atomic E-state index is -0.0180. The van der Waals surface area contributed by atoms with Gasteiger partial charge in [0.1, 0.15) is 5.69 Å². The molecular weight excluding hydrogens is 370 g/mol. The van der Waals surface area contributed by atoms with Gasteiger partial charge in [-0.25, -0.2) is 0 Å². The third-order valence-corrected chi connectivity index (χ3v) is 5.24. The van der Waals surface area contributed by atoms with Crippen molar-refractivity contribution in [2.75, 3.05) is 37.9 Å². The minimum absolute atomic E-state index is 0.0180. The number of hydrogen-bond acceptors (Lipinski definition) is 6. The first-order valence-corrected chi connectivity index (χ1v) is 9.68. The van der Waals surface area contributed by atoms with Crippen LogP contribution in [0.15, 0.2) is 48.7 Å². The number of nitrogens with one attached hydrogen (secondary N) is 1. The number of amides is 1. The van der Waals surface area contributed by atoms with Crippen molar-refractivity contribution in [3.63, 3.8) is 0 Å². The van der Waals surface area contributed by atoms with E-state index < -0.39 is 0 Å². The number of fused-ring (bicyclic) bond motifs is 1. The Morgan fingerprint density at radius 3 is 2.83 bits per heavy atom. The predicted molar refractivity (Wildman–Crippen MR) is 107 cm³/mol. The van der Waals surface area contributed by atoms with E-state index in [9.17, 15) is 4.79 Å². The van der Waals surface area contributed by atoms with Crippen LogP contribution in [0.25, 0.3) is 11.3 Å². The van der Waals surface area contributed by atoms with Gasteiger partial charge >= 0.3 is 0 Å². The van der Waals surface area contributed by atoms with Crippen molar-refractivity contribution < 1.29 is 14.3 Å². The average Bonchev–Trinajstić information content (AvgIpc) is 3.38. The number of hydrogen-bond donors (Lipinski definition) is 1. The monoisotopic (exact) mass is 391 g/mol. The number of aromatic amines is 1. The van der Waals surface area contributed by atoms with Gasteiger partial charge in [-0.15, -0.1) is 0 Å². The van der Waals surface area contributed by atoms with Gasteiger partial charge in [-0.05, 0) is 36.8 Å². The minimum Gasteiger partial charge on any atom is -0.454 e. The molecule has 0 radical (unpaired) electrons. The maximum atomic E-state index is 12.7. The van der Waals surface area contributed by atoms with Crippen molar-refractivity contribution in [1.82, 2.24) is 20.1 Å². The smallest absolute Gasteiger partial charge is 0.272 e. The van der Waals surface area contributed by atoms with Crippen molar-refractivity contribution in [2.24, 2.45) is 0 Å². The molecule has 0 unspecified atom stereocenters. The SMILES string of the molecule is O=C(c1ccccn1)N1CCCN(c2cc(-c3ccc4c(c3)OCO4)[nH]n2)CC1. The summed E-state index contributed by atoms with van der Waals surface area (Å²) in [4.78, 5) is 20.9. The number of rotatable bonds is 3. The van der Waals surface area contributed by atoms with Crippen LogP contribution in [0.5, 0.6) is 11.5 Å². The third-order valence-electron chi connectivity index (χ3n) is 5.24. The Labute approximate surface area is 168 Å². The quantitative estimate of drug-likeness (QED) is 0.739. The average molecular weight is 391 g/mol.